The van der Waals surface area contributed by atoms with E-state index in [0.717, 1.165) is 40.9 Å². The van der Waals surface area contributed by atoms with Crippen LogP contribution in [0.4, 0.5) is 0 Å². The van der Waals surface area contributed by atoms with Crippen molar-refractivity contribution < 1.29 is 9.59 Å². The maximum Gasteiger partial charge on any atom is 0.271 e. The predicted molar refractivity (Wildman–Crippen MR) is 111 cm³/mol. The smallest absolute Gasteiger partial charge is 0.271 e. The molecular weight excluding hydrogens is 394 g/mol. The third-order valence-electron chi connectivity index (χ3n) is 5.28. The summed E-state index contributed by atoms with van der Waals surface area (Å²) in [4.78, 5) is 30.1. The number of carbonyl (C=O) groups is 2. The molecule has 2 N–H and O–H groups in total. The number of amides is 2. The SMILES string of the molecule is O=C(NNC(=O)C1(Cc2nc3ccccc3s2)CCCC1)c1ccccc1Cl. The second kappa shape index (κ2) is 7.89. The molecule has 7 heteroatoms. The molecule has 1 heterocycles. The van der Waals surface area contributed by atoms with Crippen molar-refractivity contribution in [3.63, 3.8) is 0 Å². The number of fused-ring (bicyclic) bond motifs is 1. The number of thiazole rings is 1. The quantitative estimate of drug-likeness (QED) is 0.618. The van der Waals surface area contributed by atoms with Crippen molar-refractivity contribution >= 4 is 45.0 Å². The van der Waals surface area contributed by atoms with Crippen LogP contribution in [0.2, 0.25) is 5.02 Å². The minimum atomic E-state index is -0.540. The van der Waals surface area contributed by atoms with Gasteiger partial charge < -0.3 is 0 Å². The molecule has 5 nitrogen and oxygen atoms in total. The monoisotopic (exact) mass is 413 g/mol. The van der Waals surface area contributed by atoms with Crippen LogP contribution in [0.1, 0.15) is 41.0 Å². The van der Waals surface area contributed by atoms with E-state index in [2.05, 4.69) is 10.9 Å². The van der Waals surface area contributed by atoms with E-state index in [0.29, 0.717) is 17.0 Å². The van der Waals surface area contributed by atoms with Gasteiger partial charge in [0.2, 0.25) is 5.91 Å². The van der Waals surface area contributed by atoms with Crippen molar-refractivity contribution in [1.29, 1.82) is 0 Å². The zero-order chi connectivity index (χ0) is 19.6. The first kappa shape index (κ1) is 18.9. The summed E-state index contributed by atoms with van der Waals surface area (Å²) in [5.41, 5.74) is 5.89. The van der Waals surface area contributed by atoms with E-state index < -0.39 is 11.3 Å². The Balaban J connectivity index is 1.48. The van der Waals surface area contributed by atoms with Crippen LogP contribution in [0.3, 0.4) is 0 Å². The van der Waals surface area contributed by atoms with Crippen LogP contribution in [0.25, 0.3) is 10.2 Å². The summed E-state index contributed by atoms with van der Waals surface area (Å²) >= 11 is 7.68. The Morgan fingerprint density at radius 3 is 2.50 bits per heavy atom. The summed E-state index contributed by atoms with van der Waals surface area (Å²) in [7, 11) is 0. The lowest BCUT2D eigenvalue weighted by molar-refractivity contribution is -0.131. The van der Waals surface area contributed by atoms with Gasteiger partial charge in [0.25, 0.3) is 5.91 Å². The lowest BCUT2D eigenvalue weighted by atomic mass is 9.82. The maximum absolute atomic E-state index is 13.0. The van der Waals surface area contributed by atoms with Crippen molar-refractivity contribution in [3.8, 4) is 0 Å². The van der Waals surface area contributed by atoms with E-state index in [4.69, 9.17) is 16.6 Å². The largest absolute Gasteiger partial charge is 0.273 e. The average molecular weight is 414 g/mol. The molecule has 0 unspecified atom stereocenters. The summed E-state index contributed by atoms with van der Waals surface area (Å²) in [5.74, 6) is -0.586. The fourth-order valence-corrected chi connectivity index (χ4v) is 5.11. The molecule has 28 heavy (non-hydrogen) atoms. The van der Waals surface area contributed by atoms with Gasteiger partial charge in [-0.1, -0.05) is 48.7 Å². The van der Waals surface area contributed by atoms with E-state index in [1.165, 1.54) is 0 Å². The van der Waals surface area contributed by atoms with Gasteiger partial charge >= 0.3 is 0 Å². The number of hydrogen-bond acceptors (Lipinski definition) is 4. The van der Waals surface area contributed by atoms with Crippen molar-refractivity contribution in [2.45, 2.75) is 32.1 Å². The van der Waals surface area contributed by atoms with Gasteiger partial charge in [-0.2, -0.15) is 0 Å². The lowest BCUT2D eigenvalue weighted by Gasteiger charge is -2.26. The number of nitrogens with zero attached hydrogens (tertiary/aromatic N) is 1. The summed E-state index contributed by atoms with van der Waals surface area (Å²) < 4.78 is 1.12. The molecule has 0 atom stereocenters. The number of halogens is 1. The van der Waals surface area contributed by atoms with Crippen molar-refractivity contribution in [2.24, 2.45) is 5.41 Å². The van der Waals surface area contributed by atoms with Crippen molar-refractivity contribution in [1.82, 2.24) is 15.8 Å². The van der Waals surface area contributed by atoms with E-state index in [-0.39, 0.29) is 5.91 Å². The van der Waals surface area contributed by atoms with Gasteiger partial charge in [0, 0.05) is 6.42 Å². The van der Waals surface area contributed by atoms with Gasteiger partial charge in [0.15, 0.2) is 0 Å². The van der Waals surface area contributed by atoms with E-state index in [1.807, 2.05) is 24.3 Å². The minimum Gasteiger partial charge on any atom is -0.273 e. The molecule has 4 rings (SSSR count). The summed E-state index contributed by atoms with van der Waals surface area (Å²) in [6.45, 7) is 0. The Labute approximate surface area is 172 Å². The normalized spacial score (nSPS) is 15.5. The van der Waals surface area contributed by atoms with Crippen LogP contribution in [0.15, 0.2) is 48.5 Å². The Bertz CT molecular complexity index is 994. The first-order chi connectivity index (χ1) is 13.6. The fourth-order valence-electron chi connectivity index (χ4n) is 3.78. The number of benzene rings is 2. The van der Waals surface area contributed by atoms with Gasteiger partial charge in [-0.05, 0) is 37.1 Å². The topological polar surface area (TPSA) is 71.1 Å². The first-order valence-corrected chi connectivity index (χ1v) is 10.5. The van der Waals surface area contributed by atoms with Gasteiger partial charge in [0.05, 0.1) is 31.2 Å². The third-order valence-corrected chi connectivity index (χ3v) is 6.64. The Hall–Kier alpha value is -2.44. The number of rotatable bonds is 4. The lowest BCUT2D eigenvalue weighted by Crippen LogP contribution is -2.49. The van der Waals surface area contributed by atoms with Gasteiger partial charge in [-0.15, -0.1) is 11.3 Å². The minimum absolute atomic E-state index is 0.162. The zero-order valence-corrected chi connectivity index (χ0v) is 16.8. The van der Waals surface area contributed by atoms with Crippen LogP contribution < -0.4 is 10.9 Å². The van der Waals surface area contributed by atoms with E-state index >= 15 is 0 Å². The first-order valence-electron chi connectivity index (χ1n) is 9.27. The molecule has 1 fully saturated rings. The summed E-state index contributed by atoms with van der Waals surface area (Å²) in [5, 5.41) is 1.30. The molecule has 1 saturated carbocycles. The number of carbonyl (C=O) groups excluding carboxylic acids is 2. The molecule has 0 radical (unpaired) electrons. The van der Waals surface area contributed by atoms with Gasteiger partial charge in [-0.3, -0.25) is 20.4 Å². The zero-order valence-electron chi connectivity index (χ0n) is 15.2. The highest BCUT2D eigenvalue weighted by molar-refractivity contribution is 7.18. The molecular formula is C21H20ClN3O2S. The molecule has 2 aromatic carbocycles. The molecule has 1 aromatic heterocycles. The van der Waals surface area contributed by atoms with E-state index in [9.17, 15) is 9.59 Å². The fraction of sp³-hybridized carbons (Fsp3) is 0.286. The van der Waals surface area contributed by atoms with Crippen molar-refractivity contribution in [3.05, 3.63) is 64.1 Å². The molecule has 2 amide bonds. The highest BCUT2D eigenvalue weighted by atomic mass is 35.5. The van der Waals surface area contributed by atoms with Crippen LogP contribution in [0, 0.1) is 5.41 Å². The summed E-state index contributed by atoms with van der Waals surface area (Å²) in [6, 6.07) is 14.7. The highest BCUT2D eigenvalue weighted by Gasteiger charge is 2.42. The molecule has 0 aliphatic heterocycles. The van der Waals surface area contributed by atoms with Crippen LogP contribution in [-0.2, 0) is 11.2 Å². The maximum atomic E-state index is 13.0. The van der Waals surface area contributed by atoms with Crippen molar-refractivity contribution in [2.75, 3.05) is 0 Å². The standard InChI is InChI=1S/C21H20ClN3O2S/c22-15-8-2-1-7-14(15)19(26)24-25-20(27)21(11-5-6-12-21)13-18-23-16-9-3-4-10-17(16)28-18/h1-4,7-10H,5-6,11-13H2,(H,24,26)(H,25,27). The Kier molecular flexibility index (Phi) is 5.33. The number of hydrogen-bond donors (Lipinski definition) is 2. The Morgan fingerprint density at radius 1 is 1.04 bits per heavy atom. The predicted octanol–water partition coefficient (Wildman–Crippen LogP) is 4.51. The molecule has 0 bridgehead atoms. The van der Waals surface area contributed by atoms with E-state index in [1.54, 1.807) is 35.6 Å². The van der Waals surface area contributed by atoms with Gasteiger partial charge in [0.1, 0.15) is 0 Å². The third kappa shape index (κ3) is 3.75. The van der Waals surface area contributed by atoms with Crippen LogP contribution >= 0.6 is 22.9 Å². The Morgan fingerprint density at radius 2 is 1.75 bits per heavy atom. The van der Waals surface area contributed by atoms with Gasteiger partial charge in [-0.25, -0.2) is 4.98 Å². The van der Waals surface area contributed by atoms with Crippen LogP contribution in [0.5, 0.6) is 0 Å². The molecule has 0 spiro atoms. The second-order valence-electron chi connectivity index (χ2n) is 7.13. The second-order valence-corrected chi connectivity index (χ2v) is 8.65. The number of para-hydroxylation sites is 1. The molecule has 3 aromatic rings. The number of nitrogens with one attached hydrogen (secondary N) is 2. The number of aromatic nitrogens is 1. The molecule has 144 valence electrons. The highest BCUT2D eigenvalue weighted by Crippen LogP contribution is 2.42. The molecule has 1 aliphatic rings. The average Bonchev–Trinajstić information content (AvgIpc) is 3.33. The number of hydrazine groups is 1. The molecule has 0 saturated heterocycles. The van der Waals surface area contributed by atoms with Crippen LogP contribution in [-0.4, -0.2) is 16.8 Å². The molecule has 1 aliphatic carbocycles. The summed E-state index contributed by atoms with van der Waals surface area (Å²) in [6.07, 6.45) is 4.15.